The Morgan fingerprint density at radius 3 is 1.62 bits per heavy atom. The van der Waals surface area contributed by atoms with Crippen LogP contribution in [-0.2, 0) is 0 Å². The maximum Gasteiger partial charge on any atom is 0.0522 e. The Labute approximate surface area is 59.8 Å². The van der Waals surface area contributed by atoms with E-state index < -0.39 is 0 Å². The summed E-state index contributed by atoms with van der Waals surface area (Å²) >= 11 is 4.27. The first-order chi connectivity index (χ1) is 3.86. The van der Waals surface area contributed by atoms with Gasteiger partial charge in [-0.3, -0.25) is 0 Å². The van der Waals surface area contributed by atoms with E-state index in [2.05, 4.69) is 37.4 Å². The zero-order chi connectivity index (χ0) is 5.98. The van der Waals surface area contributed by atoms with Crippen LogP contribution in [0, 0.1) is 0 Å². The van der Waals surface area contributed by atoms with Crippen LogP contribution in [0.4, 0.5) is 0 Å². The van der Waals surface area contributed by atoms with Crippen molar-refractivity contribution < 1.29 is 0 Å². The molecule has 0 saturated carbocycles. The minimum Gasteiger partial charge on any atom is -0.133 e. The molecule has 0 bridgehead atoms. The Morgan fingerprint density at radius 2 is 1.38 bits per heavy atom. The van der Waals surface area contributed by atoms with E-state index in [1.807, 2.05) is 0 Å². The molecule has 1 heterocycles. The molecule has 1 aliphatic rings. The van der Waals surface area contributed by atoms with Gasteiger partial charge >= 0.3 is 0 Å². The average Bonchev–Trinajstić information content (AvgIpc) is 1.65. The lowest BCUT2D eigenvalue weighted by atomic mass is 10.5. The standard InChI is InChI=1S/C6H12S2/c1-3-5-7-6(4-2)8-5/h5-6H,3-4H2,1-2H3. The SMILES string of the molecule is CCC1SC(CC)S1. The van der Waals surface area contributed by atoms with Gasteiger partial charge in [-0.25, -0.2) is 0 Å². The molecular formula is C6H12S2. The van der Waals surface area contributed by atoms with Gasteiger partial charge in [0.2, 0.25) is 0 Å². The van der Waals surface area contributed by atoms with Crippen molar-refractivity contribution in [2.75, 3.05) is 0 Å². The first-order valence-electron chi connectivity index (χ1n) is 3.17. The van der Waals surface area contributed by atoms with Gasteiger partial charge < -0.3 is 0 Å². The Hall–Kier alpha value is 0.700. The molecule has 0 aromatic carbocycles. The van der Waals surface area contributed by atoms with Gasteiger partial charge in [0.05, 0.1) is 9.16 Å². The molecule has 0 aliphatic carbocycles. The van der Waals surface area contributed by atoms with E-state index >= 15 is 0 Å². The van der Waals surface area contributed by atoms with Crippen LogP contribution in [0.3, 0.4) is 0 Å². The lowest BCUT2D eigenvalue weighted by molar-refractivity contribution is 0.978. The topological polar surface area (TPSA) is 0 Å². The van der Waals surface area contributed by atoms with E-state index in [1.54, 1.807) is 0 Å². The summed E-state index contributed by atoms with van der Waals surface area (Å²) in [7, 11) is 0. The van der Waals surface area contributed by atoms with Gasteiger partial charge in [0.25, 0.3) is 0 Å². The minimum atomic E-state index is 0.931. The number of hydrogen-bond acceptors (Lipinski definition) is 2. The second kappa shape index (κ2) is 3.02. The average molecular weight is 148 g/mol. The molecule has 0 unspecified atom stereocenters. The van der Waals surface area contributed by atoms with Crippen molar-refractivity contribution >= 4 is 23.5 Å². The number of thioether (sulfide) groups is 2. The monoisotopic (exact) mass is 148 g/mol. The van der Waals surface area contributed by atoms with Crippen LogP contribution in [0.15, 0.2) is 0 Å². The van der Waals surface area contributed by atoms with Crippen LogP contribution >= 0.6 is 23.5 Å². The summed E-state index contributed by atoms with van der Waals surface area (Å²) in [5, 5.41) is 0. The second-order valence-corrected chi connectivity index (χ2v) is 5.37. The largest absolute Gasteiger partial charge is 0.133 e. The molecule has 0 atom stereocenters. The van der Waals surface area contributed by atoms with Gasteiger partial charge in [-0.2, -0.15) is 0 Å². The predicted octanol–water partition coefficient (Wildman–Crippen LogP) is 2.94. The summed E-state index contributed by atoms with van der Waals surface area (Å²) in [5.41, 5.74) is 0. The predicted molar refractivity (Wildman–Crippen MR) is 43.3 cm³/mol. The molecule has 2 heteroatoms. The molecule has 1 rings (SSSR count). The van der Waals surface area contributed by atoms with Crippen LogP contribution in [0.25, 0.3) is 0 Å². The van der Waals surface area contributed by atoms with E-state index in [0.717, 1.165) is 9.16 Å². The van der Waals surface area contributed by atoms with Crippen LogP contribution in [0.1, 0.15) is 26.7 Å². The van der Waals surface area contributed by atoms with Crippen LogP contribution in [-0.4, -0.2) is 9.16 Å². The summed E-state index contributed by atoms with van der Waals surface area (Å²) in [5.74, 6) is 0. The summed E-state index contributed by atoms with van der Waals surface area (Å²) in [4.78, 5) is 0. The van der Waals surface area contributed by atoms with Crippen LogP contribution in [0.2, 0.25) is 0 Å². The maximum atomic E-state index is 2.26. The Morgan fingerprint density at radius 1 is 1.00 bits per heavy atom. The highest BCUT2D eigenvalue weighted by Crippen LogP contribution is 2.49. The molecule has 0 radical (unpaired) electrons. The number of rotatable bonds is 2. The highest BCUT2D eigenvalue weighted by Gasteiger charge is 2.26. The summed E-state index contributed by atoms with van der Waals surface area (Å²) in [6.07, 6.45) is 2.68. The van der Waals surface area contributed by atoms with Gasteiger partial charge in [-0.15, -0.1) is 23.5 Å². The van der Waals surface area contributed by atoms with Crippen molar-refractivity contribution in [2.24, 2.45) is 0 Å². The summed E-state index contributed by atoms with van der Waals surface area (Å²) in [6.45, 7) is 4.52. The van der Waals surface area contributed by atoms with Crippen molar-refractivity contribution in [3.63, 3.8) is 0 Å². The smallest absolute Gasteiger partial charge is 0.0522 e. The van der Waals surface area contributed by atoms with E-state index in [1.165, 1.54) is 12.8 Å². The third kappa shape index (κ3) is 1.35. The van der Waals surface area contributed by atoms with Gasteiger partial charge in [-0.1, -0.05) is 13.8 Å². The molecule has 1 fully saturated rings. The molecule has 1 aliphatic heterocycles. The molecule has 0 aromatic rings. The molecule has 0 amide bonds. The van der Waals surface area contributed by atoms with Crippen molar-refractivity contribution in [1.29, 1.82) is 0 Å². The number of hydrogen-bond donors (Lipinski definition) is 0. The maximum absolute atomic E-state index is 2.26. The molecule has 0 aromatic heterocycles. The molecule has 0 nitrogen and oxygen atoms in total. The molecule has 0 spiro atoms. The first-order valence-corrected chi connectivity index (χ1v) is 5.06. The lowest BCUT2D eigenvalue weighted by Gasteiger charge is -2.32. The highest BCUT2D eigenvalue weighted by atomic mass is 32.3. The second-order valence-electron chi connectivity index (χ2n) is 1.95. The van der Waals surface area contributed by atoms with Crippen LogP contribution in [0.5, 0.6) is 0 Å². The van der Waals surface area contributed by atoms with Crippen molar-refractivity contribution in [3.8, 4) is 0 Å². The fourth-order valence-electron chi connectivity index (χ4n) is 0.734. The zero-order valence-corrected chi connectivity index (χ0v) is 7.02. The van der Waals surface area contributed by atoms with Crippen molar-refractivity contribution in [2.45, 2.75) is 35.9 Å². The Balaban J connectivity index is 2.03. The minimum absolute atomic E-state index is 0.931. The van der Waals surface area contributed by atoms with Crippen molar-refractivity contribution in [1.82, 2.24) is 0 Å². The molecule has 0 N–H and O–H groups in total. The van der Waals surface area contributed by atoms with E-state index in [-0.39, 0.29) is 0 Å². The third-order valence-electron chi connectivity index (χ3n) is 1.27. The van der Waals surface area contributed by atoms with E-state index in [4.69, 9.17) is 0 Å². The molecule has 48 valence electrons. The van der Waals surface area contributed by atoms with Crippen LogP contribution < -0.4 is 0 Å². The fourth-order valence-corrected chi connectivity index (χ4v) is 3.48. The Kier molecular flexibility index (Phi) is 2.57. The molecule has 1 saturated heterocycles. The summed E-state index contributed by atoms with van der Waals surface area (Å²) < 4.78 is 1.86. The lowest BCUT2D eigenvalue weighted by Crippen LogP contribution is -2.16. The van der Waals surface area contributed by atoms with Gasteiger partial charge in [0, 0.05) is 0 Å². The van der Waals surface area contributed by atoms with Gasteiger partial charge in [-0.05, 0) is 12.8 Å². The Bertz CT molecular complexity index is 58.9. The zero-order valence-electron chi connectivity index (χ0n) is 5.39. The van der Waals surface area contributed by atoms with Crippen molar-refractivity contribution in [3.05, 3.63) is 0 Å². The van der Waals surface area contributed by atoms with Gasteiger partial charge in [0.1, 0.15) is 0 Å². The highest BCUT2D eigenvalue weighted by molar-refractivity contribution is 8.33. The third-order valence-corrected chi connectivity index (χ3v) is 5.15. The van der Waals surface area contributed by atoms with E-state index in [0.29, 0.717) is 0 Å². The quantitative estimate of drug-likeness (QED) is 0.590. The van der Waals surface area contributed by atoms with Gasteiger partial charge in [0.15, 0.2) is 0 Å². The molecular weight excluding hydrogens is 136 g/mol. The fraction of sp³-hybridized carbons (Fsp3) is 1.00. The molecule has 8 heavy (non-hydrogen) atoms. The normalized spacial score (nSPS) is 36.8. The first kappa shape index (κ1) is 6.81. The summed E-state index contributed by atoms with van der Waals surface area (Å²) in [6, 6.07) is 0. The van der Waals surface area contributed by atoms with E-state index in [9.17, 15) is 0 Å².